The molecule has 2 atom stereocenters. The van der Waals surface area contributed by atoms with E-state index in [-0.39, 0.29) is 18.2 Å². The predicted octanol–water partition coefficient (Wildman–Crippen LogP) is 3.01. The molecule has 5 nitrogen and oxygen atoms in total. The Labute approximate surface area is 147 Å². The highest BCUT2D eigenvalue weighted by Crippen LogP contribution is 2.29. The molecule has 3 heterocycles. The number of nitrogens with one attached hydrogen (secondary N) is 1. The first-order valence-electron chi connectivity index (χ1n) is 8.22. The molecule has 2 aliphatic rings. The molecule has 2 aromatic rings. The minimum atomic E-state index is -0.266. The normalized spacial score (nSPS) is 25.7. The molecular weight excluding hydrogens is 331 g/mol. The van der Waals surface area contributed by atoms with Crippen LogP contribution in [0.4, 0.5) is 4.39 Å². The van der Waals surface area contributed by atoms with E-state index >= 15 is 0 Å². The molecule has 4 rings (SSSR count). The van der Waals surface area contributed by atoms with Crippen molar-refractivity contribution in [2.75, 3.05) is 7.05 Å². The summed E-state index contributed by atoms with van der Waals surface area (Å²) < 4.78 is 18.3. The molecular formula is C17H22ClFN4O. The highest BCUT2D eigenvalue weighted by molar-refractivity contribution is 5.85. The van der Waals surface area contributed by atoms with Gasteiger partial charge >= 0.3 is 0 Å². The minimum Gasteiger partial charge on any atom is -0.338 e. The van der Waals surface area contributed by atoms with Gasteiger partial charge in [-0.2, -0.15) is 4.98 Å². The Bertz CT molecular complexity index is 665. The molecule has 1 N–H and O–H groups in total. The summed E-state index contributed by atoms with van der Waals surface area (Å²) in [5, 5.41) is 7.67. The maximum atomic E-state index is 13.0. The molecule has 0 radical (unpaired) electrons. The molecule has 0 amide bonds. The number of aromatic nitrogens is 2. The van der Waals surface area contributed by atoms with Crippen LogP contribution in [0.2, 0.25) is 0 Å². The highest BCUT2D eigenvalue weighted by Gasteiger charge is 2.35. The topological polar surface area (TPSA) is 54.2 Å². The van der Waals surface area contributed by atoms with E-state index in [2.05, 4.69) is 27.4 Å². The average Bonchev–Trinajstić information content (AvgIpc) is 3.14. The maximum Gasteiger partial charge on any atom is 0.241 e. The Balaban J connectivity index is 0.00000169. The van der Waals surface area contributed by atoms with Crippen LogP contribution in [0.15, 0.2) is 28.8 Å². The third-order valence-corrected chi connectivity index (χ3v) is 5.03. The molecule has 1 aromatic carbocycles. The summed E-state index contributed by atoms with van der Waals surface area (Å²) in [6.45, 7) is 0.651. The largest absolute Gasteiger partial charge is 0.338 e. The van der Waals surface area contributed by atoms with Crippen molar-refractivity contribution in [2.24, 2.45) is 0 Å². The number of rotatable bonds is 4. The molecule has 7 heteroatoms. The highest BCUT2D eigenvalue weighted by atomic mass is 35.5. The van der Waals surface area contributed by atoms with Gasteiger partial charge in [0.05, 0.1) is 6.54 Å². The number of fused-ring (bicyclic) bond motifs is 2. The van der Waals surface area contributed by atoms with Crippen molar-refractivity contribution in [3.63, 3.8) is 0 Å². The summed E-state index contributed by atoms with van der Waals surface area (Å²) in [7, 11) is 2.12. The molecule has 0 aliphatic carbocycles. The van der Waals surface area contributed by atoms with Gasteiger partial charge in [0.25, 0.3) is 0 Å². The van der Waals surface area contributed by atoms with E-state index in [1.807, 2.05) is 0 Å². The lowest BCUT2D eigenvalue weighted by Crippen LogP contribution is -2.46. The lowest BCUT2D eigenvalue weighted by atomic mass is 9.98. The van der Waals surface area contributed by atoms with Crippen molar-refractivity contribution >= 4 is 12.4 Å². The van der Waals surface area contributed by atoms with Crippen LogP contribution >= 0.6 is 12.4 Å². The van der Waals surface area contributed by atoms with Crippen LogP contribution < -0.4 is 5.32 Å². The third-order valence-electron chi connectivity index (χ3n) is 5.03. The first kappa shape index (κ1) is 17.3. The molecule has 24 heavy (non-hydrogen) atoms. The fraction of sp³-hybridized carbons (Fsp3) is 0.529. The van der Waals surface area contributed by atoms with Gasteiger partial charge in [-0.15, -0.1) is 12.4 Å². The van der Waals surface area contributed by atoms with Crippen LogP contribution in [-0.4, -0.2) is 40.2 Å². The lowest BCUT2D eigenvalue weighted by molar-refractivity contribution is 0.150. The Kier molecular flexibility index (Phi) is 5.18. The quantitative estimate of drug-likeness (QED) is 0.916. The number of nitrogens with zero attached hydrogens (tertiary/aromatic N) is 3. The summed E-state index contributed by atoms with van der Waals surface area (Å²) in [6.07, 6.45) is 4.96. The fourth-order valence-corrected chi connectivity index (χ4v) is 3.76. The average molecular weight is 353 g/mol. The number of hydrogen-bond acceptors (Lipinski definition) is 5. The smallest absolute Gasteiger partial charge is 0.241 e. The van der Waals surface area contributed by atoms with Crippen molar-refractivity contribution in [1.29, 1.82) is 0 Å². The Hall–Kier alpha value is -1.50. The van der Waals surface area contributed by atoms with Gasteiger partial charge in [-0.25, -0.2) is 4.39 Å². The summed E-state index contributed by atoms with van der Waals surface area (Å²) in [4.78, 5) is 6.75. The van der Waals surface area contributed by atoms with E-state index in [4.69, 9.17) is 4.52 Å². The van der Waals surface area contributed by atoms with Gasteiger partial charge in [0.1, 0.15) is 5.82 Å². The van der Waals surface area contributed by atoms with Crippen LogP contribution in [0, 0.1) is 5.82 Å². The Morgan fingerprint density at radius 3 is 2.54 bits per heavy atom. The second kappa shape index (κ2) is 7.17. The molecule has 1 aromatic heterocycles. The number of halogens is 2. The van der Waals surface area contributed by atoms with Gasteiger partial charge in [-0.3, -0.25) is 4.90 Å². The van der Waals surface area contributed by atoms with Gasteiger partial charge in [0.2, 0.25) is 11.7 Å². The summed E-state index contributed by atoms with van der Waals surface area (Å²) in [6, 6.07) is 8.04. The van der Waals surface area contributed by atoms with Crippen molar-refractivity contribution in [1.82, 2.24) is 20.4 Å². The van der Waals surface area contributed by atoms with Gasteiger partial charge in [-0.05, 0) is 57.0 Å². The SMILES string of the molecule is CN(Cc1nc(-c2ccc(F)cc2)no1)C1CC2CCC(C1)N2.Cl. The van der Waals surface area contributed by atoms with Crippen molar-refractivity contribution in [3.8, 4) is 11.4 Å². The molecule has 0 saturated carbocycles. The monoisotopic (exact) mass is 352 g/mol. The van der Waals surface area contributed by atoms with Crippen molar-refractivity contribution in [3.05, 3.63) is 36.0 Å². The van der Waals surface area contributed by atoms with E-state index in [1.54, 1.807) is 12.1 Å². The van der Waals surface area contributed by atoms with E-state index in [9.17, 15) is 4.39 Å². The van der Waals surface area contributed by atoms with E-state index in [0.29, 0.717) is 36.4 Å². The molecule has 2 fully saturated rings. The lowest BCUT2D eigenvalue weighted by Gasteiger charge is -2.34. The van der Waals surface area contributed by atoms with Crippen LogP contribution in [-0.2, 0) is 6.54 Å². The minimum absolute atomic E-state index is 0. The van der Waals surface area contributed by atoms with E-state index in [0.717, 1.165) is 5.56 Å². The summed E-state index contributed by atoms with van der Waals surface area (Å²) in [5.74, 6) is 0.856. The van der Waals surface area contributed by atoms with Gasteiger partial charge in [0, 0.05) is 23.7 Å². The van der Waals surface area contributed by atoms with E-state index < -0.39 is 0 Å². The maximum absolute atomic E-state index is 13.0. The van der Waals surface area contributed by atoms with Crippen molar-refractivity contribution < 1.29 is 8.91 Å². The van der Waals surface area contributed by atoms with Crippen LogP contribution in [0.1, 0.15) is 31.6 Å². The zero-order chi connectivity index (χ0) is 15.8. The van der Waals surface area contributed by atoms with Crippen LogP contribution in [0.3, 0.4) is 0 Å². The zero-order valence-electron chi connectivity index (χ0n) is 13.6. The molecule has 130 valence electrons. The first-order valence-corrected chi connectivity index (χ1v) is 8.22. The molecule has 2 bridgehead atoms. The number of hydrogen-bond donors (Lipinski definition) is 1. The predicted molar refractivity (Wildman–Crippen MR) is 91.4 cm³/mol. The molecule has 2 saturated heterocycles. The molecule has 2 unspecified atom stereocenters. The van der Waals surface area contributed by atoms with Crippen LogP contribution in [0.5, 0.6) is 0 Å². The third kappa shape index (κ3) is 3.61. The number of benzene rings is 1. The van der Waals surface area contributed by atoms with Gasteiger partial charge in [0.15, 0.2) is 0 Å². The van der Waals surface area contributed by atoms with E-state index in [1.165, 1.54) is 37.8 Å². The summed E-state index contributed by atoms with van der Waals surface area (Å²) in [5.41, 5.74) is 0.768. The van der Waals surface area contributed by atoms with Gasteiger partial charge in [-0.1, -0.05) is 5.16 Å². The first-order chi connectivity index (χ1) is 11.2. The Morgan fingerprint density at radius 2 is 1.88 bits per heavy atom. The standard InChI is InChI=1S/C17H21FN4O.ClH/c1-22(15-8-13-6-7-14(9-15)19-13)10-16-20-17(21-23-16)11-2-4-12(18)5-3-11;/h2-5,13-15,19H,6-10H2,1H3;1H. The second-order valence-electron chi connectivity index (χ2n) is 6.70. The molecule has 2 aliphatic heterocycles. The second-order valence-corrected chi connectivity index (χ2v) is 6.70. The van der Waals surface area contributed by atoms with Crippen molar-refractivity contribution in [2.45, 2.75) is 50.4 Å². The summed E-state index contributed by atoms with van der Waals surface area (Å²) >= 11 is 0. The van der Waals surface area contributed by atoms with Gasteiger partial charge < -0.3 is 9.84 Å². The zero-order valence-corrected chi connectivity index (χ0v) is 14.4. The number of piperidine rings is 1. The van der Waals surface area contributed by atoms with Crippen LogP contribution in [0.25, 0.3) is 11.4 Å². The molecule has 0 spiro atoms. The Morgan fingerprint density at radius 1 is 1.21 bits per heavy atom. The fourth-order valence-electron chi connectivity index (χ4n) is 3.76.